The van der Waals surface area contributed by atoms with Gasteiger partial charge in [0.05, 0.1) is 0 Å². The highest BCUT2D eigenvalue weighted by Crippen LogP contribution is 2.26. The highest BCUT2D eigenvalue weighted by atomic mass is 19.1. The average Bonchev–Trinajstić information content (AvgIpc) is 2.46. The molecule has 1 amide bonds. The third-order valence-corrected chi connectivity index (χ3v) is 5.00. The van der Waals surface area contributed by atoms with E-state index in [1.165, 1.54) is 31.4 Å². The molecule has 126 valence electrons. The van der Waals surface area contributed by atoms with E-state index in [1.807, 2.05) is 30.0 Å². The molecule has 0 spiro atoms. The monoisotopic (exact) mass is 319 g/mol. The van der Waals surface area contributed by atoms with Crippen molar-refractivity contribution in [2.45, 2.75) is 31.3 Å². The van der Waals surface area contributed by atoms with Gasteiger partial charge in [-0.05, 0) is 57.7 Å². The molecule has 1 aromatic rings. The smallest absolute Gasteiger partial charge is 0.244 e. The van der Waals surface area contributed by atoms with Gasteiger partial charge in [-0.25, -0.2) is 4.39 Å². The number of amides is 1. The molecule has 2 heterocycles. The zero-order valence-electron chi connectivity index (χ0n) is 14.0. The van der Waals surface area contributed by atoms with Crippen LogP contribution in [-0.4, -0.2) is 66.9 Å². The molecule has 0 aliphatic carbocycles. The first-order valence-electron chi connectivity index (χ1n) is 8.51. The quantitative estimate of drug-likeness (QED) is 0.850. The summed E-state index contributed by atoms with van der Waals surface area (Å²) in [5, 5.41) is 0. The number of benzene rings is 1. The summed E-state index contributed by atoms with van der Waals surface area (Å²) in [5.41, 5.74) is 0.724. The fourth-order valence-electron chi connectivity index (χ4n) is 3.66. The van der Waals surface area contributed by atoms with Crippen LogP contribution in [0.5, 0.6) is 0 Å². The predicted octanol–water partition coefficient (Wildman–Crippen LogP) is 2.13. The van der Waals surface area contributed by atoms with Crippen LogP contribution in [0.3, 0.4) is 0 Å². The van der Waals surface area contributed by atoms with Crippen LogP contribution in [0.4, 0.5) is 4.39 Å². The first kappa shape index (κ1) is 16.4. The SMILES string of the molecule is CN(C)C(C(=O)N1CC(N2CCCCC2)C1)c1cccc(F)c1. The number of hydrogen-bond donors (Lipinski definition) is 0. The van der Waals surface area contributed by atoms with E-state index >= 15 is 0 Å². The Morgan fingerprint density at radius 1 is 1.22 bits per heavy atom. The lowest BCUT2D eigenvalue weighted by Gasteiger charge is -2.48. The van der Waals surface area contributed by atoms with Gasteiger partial charge in [-0.15, -0.1) is 0 Å². The summed E-state index contributed by atoms with van der Waals surface area (Å²) in [6, 6.07) is 6.47. The lowest BCUT2D eigenvalue weighted by molar-refractivity contribution is -0.144. The fraction of sp³-hybridized carbons (Fsp3) is 0.611. The second-order valence-corrected chi connectivity index (χ2v) is 6.91. The van der Waals surface area contributed by atoms with Gasteiger partial charge < -0.3 is 4.90 Å². The number of halogens is 1. The Morgan fingerprint density at radius 2 is 1.91 bits per heavy atom. The van der Waals surface area contributed by atoms with Crippen LogP contribution in [0, 0.1) is 5.82 Å². The van der Waals surface area contributed by atoms with E-state index in [-0.39, 0.29) is 11.7 Å². The lowest BCUT2D eigenvalue weighted by atomic mass is 9.98. The molecule has 4 nitrogen and oxygen atoms in total. The van der Waals surface area contributed by atoms with Gasteiger partial charge in [0.2, 0.25) is 5.91 Å². The van der Waals surface area contributed by atoms with Crippen LogP contribution >= 0.6 is 0 Å². The summed E-state index contributed by atoms with van der Waals surface area (Å²) in [6.07, 6.45) is 3.87. The van der Waals surface area contributed by atoms with Gasteiger partial charge in [0.1, 0.15) is 11.9 Å². The largest absolute Gasteiger partial charge is 0.338 e. The van der Waals surface area contributed by atoms with Crippen molar-refractivity contribution in [2.24, 2.45) is 0 Å². The van der Waals surface area contributed by atoms with Gasteiger partial charge in [0.15, 0.2) is 0 Å². The molecule has 2 fully saturated rings. The van der Waals surface area contributed by atoms with Crippen molar-refractivity contribution in [3.8, 4) is 0 Å². The molecule has 0 aromatic heterocycles. The Kier molecular flexibility index (Phi) is 4.97. The minimum Gasteiger partial charge on any atom is -0.338 e. The molecular formula is C18H26FN3O. The second-order valence-electron chi connectivity index (χ2n) is 6.91. The van der Waals surface area contributed by atoms with Crippen molar-refractivity contribution in [1.29, 1.82) is 0 Å². The van der Waals surface area contributed by atoms with Crippen molar-refractivity contribution in [3.63, 3.8) is 0 Å². The molecule has 0 bridgehead atoms. The van der Waals surface area contributed by atoms with E-state index < -0.39 is 6.04 Å². The molecule has 0 N–H and O–H groups in total. The zero-order valence-corrected chi connectivity index (χ0v) is 14.0. The zero-order chi connectivity index (χ0) is 16.4. The van der Waals surface area contributed by atoms with E-state index in [0.29, 0.717) is 6.04 Å². The minimum atomic E-state index is -0.409. The molecule has 2 aliphatic heterocycles. The van der Waals surface area contributed by atoms with Gasteiger partial charge in [0.25, 0.3) is 0 Å². The van der Waals surface area contributed by atoms with Gasteiger partial charge in [-0.3, -0.25) is 14.6 Å². The molecular weight excluding hydrogens is 293 g/mol. The summed E-state index contributed by atoms with van der Waals surface area (Å²) in [5.74, 6) is -0.217. The molecule has 1 unspecified atom stereocenters. The molecule has 0 saturated carbocycles. The highest BCUT2D eigenvalue weighted by molar-refractivity contribution is 5.84. The van der Waals surface area contributed by atoms with Crippen LogP contribution in [0.15, 0.2) is 24.3 Å². The van der Waals surface area contributed by atoms with E-state index in [2.05, 4.69) is 4.90 Å². The Balaban J connectivity index is 1.64. The van der Waals surface area contributed by atoms with E-state index in [9.17, 15) is 9.18 Å². The van der Waals surface area contributed by atoms with Crippen LogP contribution in [-0.2, 0) is 4.79 Å². The van der Waals surface area contributed by atoms with Crippen LogP contribution in [0.25, 0.3) is 0 Å². The van der Waals surface area contributed by atoms with Crippen molar-refractivity contribution in [2.75, 3.05) is 40.3 Å². The van der Waals surface area contributed by atoms with E-state index in [1.54, 1.807) is 6.07 Å². The second kappa shape index (κ2) is 6.97. The average molecular weight is 319 g/mol. The lowest BCUT2D eigenvalue weighted by Crippen LogP contribution is -2.63. The number of likely N-dealkylation sites (tertiary alicyclic amines) is 2. The third-order valence-electron chi connectivity index (χ3n) is 5.00. The van der Waals surface area contributed by atoms with Gasteiger partial charge in [-0.2, -0.15) is 0 Å². The van der Waals surface area contributed by atoms with Crippen molar-refractivity contribution < 1.29 is 9.18 Å². The summed E-state index contributed by atoms with van der Waals surface area (Å²) in [7, 11) is 3.74. The van der Waals surface area contributed by atoms with Crippen LogP contribution in [0.1, 0.15) is 30.9 Å². The Hall–Kier alpha value is -1.46. The minimum absolute atomic E-state index is 0.0776. The normalized spacial score (nSPS) is 21.3. The number of carbonyl (C=O) groups is 1. The maximum absolute atomic E-state index is 13.5. The number of piperidine rings is 1. The number of hydrogen-bond acceptors (Lipinski definition) is 3. The first-order valence-corrected chi connectivity index (χ1v) is 8.51. The Morgan fingerprint density at radius 3 is 2.52 bits per heavy atom. The molecule has 23 heavy (non-hydrogen) atoms. The van der Waals surface area contributed by atoms with Crippen LogP contribution < -0.4 is 0 Å². The fourth-order valence-corrected chi connectivity index (χ4v) is 3.66. The molecule has 2 saturated heterocycles. The van der Waals surface area contributed by atoms with Crippen molar-refractivity contribution in [1.82, 2.24) is 14.7 Å². The van der Waals surface area contributed by atoms with Gasteiger partial charge in [0, 0.05) is 19.1 Å². The maximum Gasteiger partial charge on any atom is 0.244 e. The molecule has 1 atom stereocenters. The molecule has 2 aliphatic rings. The van der Waals surface area contributed by atoms with Crippen molar-refractivity contribution >= 4 is 5.91 Å². The van der Waals surface area contributed by atoms with E-state index in [4.69, 9.17) is 0 Å². The Labute approximate surface area is 137 Å². The van der Waals surface area contributed by atoms with Crippen LogP contribution in [0.2, 0.25) is 0 Å². The molecule has 3 rings (SSSR count). The summed E-state index contributed by atoms with van der Waals surface area (Å²) < 4.78 is 13.5. The van der Waals surface area contributed by atoms with Gasteiger partial charge >= 0.3 is 0 Å². The first-order chi connectivity index (χ1) is 11.1. The summed E-state index contributed by atoms with van der Waals surface area (Å²) in [6.45, 7) is 3.93. The van der Waals surface area contributed by atoms with E-state index in [0.717, 1.165) is 31.7 Å². The number of likely N-dealkylation sites (N-methyl/N-ethyl adjacent to an activating group) is 1. The summed E-state index contributed by atoms with van der Waals surface area (Å²) >= 11 is 0. The highest BCUT2D eigenvalue weighted by Gasteiger charge is 2.38. The molecule has 0 radical (unpaired) electrons. The molecule has 5 heteroatoms. The van der Waals surface area contributed by atoms with Gasteiger partial charge in [-0.1, -0.05) is 18.6 Å². The number of carbonyl (C=O) groups excluding carboxylic acids is 1. The third kappa shape index (κ3) is 3.56. The number of rotatable bonds is 4. The maximum atomic E-state index is 13.5. The topological polar surface area (TPSA) is 26.8 Å². The Bertz CT molecular complexity index is 551. The molecule has 1 aromatic carbocycles. The predicted molar refractivity (Wildman–Crippen MR) is 88.6 cm³/mol. The number of nitrogens with zero attached hydrogens (tertiary/aromatic N) is 3. The van der Waals surface area contributed by atoms with Crippen molar-refractivity contribution in [3.05, 3.63) is 35.6 Å². The summed E-state index contributed by atoms with van der Waals surface area (Å²) in [4.78, 5) is 19.1. The standard InChI is InChI=1S/C18H26FN3O/c1-20(2)17(14-7-6-8-15(19)11-14)18(23)22-12-16(13-22)21-9-4-3-5-10-21/h6-8,11,16-17H,3-5,9-10,12-13H2,1-2H3.